The molecule has 3 heteroatoms. The second kappa shape index (κ2) is 5.69. The highest BCUT2D eigenvalue weighted by molar-refractivity contribution is 9.10. The van der Waals surface area contributed by atoms with E-state index in [1.807, 2.05) is 24.3 Å². The van der Waals surface area contributed by atoms with Crippen LogP contribution < -0.4 is 4.74 Å². The standard InChI is InChI=1S/C13H17BrO2/c14-12-5-2-6-13(7-12)16-9-11(8-15)10-3-1-4-10/h2,5-7,10-11,15H,1,3-4,8-9H2. The van der Waals surface area contributed by atoms with E-state index < -0.39 is 0 Å². The fourth-order valence-electron chi connectivity index (χ4n) is 2.01. The van der Waals surface area contributed by atoms with Crippen molar-refractivity contribution in [1.29, 1.82) is 0 Å². The van der Waals surface area contributed by atoms with Crippen LogP contribution in [0.4, 0.5) is 0 Å². The summed E-state index contributed by atoms with van der Waals surface area (Å²) in [6.45, 7) is 0.857. The van der Waals surface area contributed by atoms with Gasteiger partial charge in [0.1, 0.15) is 5.75 Å². The lowest BCUT2D eigenvalue weighted by molar-refractivity contribution is 0.0795. The van der Waals surface area contributed by atoms with Crippen LogP contribution in [0.2, 0.25) is 0 Å². The van der Waals surface area contributed by atoms with Crippen molar-refractivity contribution in [2.24, 2.45) is 11.8 Å². The normalized spacial score (nSPS) is 17.9. The molecule has 0 aliphatic heterocycles. The quantitative estimate of drug-likeness (QED) is 0.900. The van der Waals surface area contributed by atoms with Gasteiger partial charge in [-0.2, -0.15) is 0 Å². The van der Waals surface area contributed by atoms with E-state index in [1.54, 1.807) is 0 Å². The third-order valence-electron chi connectivity index (χ3n) is 3.31. The second-order valence-corrected chi connectivity index (χ2v) is 5.32. The van der Waals surface area contributed by atoms with Gasteiger partial charge in [-0.05, 0) is 37.0 Å². The molecule has 0 amide bonds. The van der Waals surface area contributed by atoms with Crippen LogP contribution in [0.5, 0.6) is 5.75 Å². The Bertz CT molecular complexity index is 336. The van der Waals surface area contributed by atoms with Crippen molar-refractivity contribution in [3.05, 3.63) is 28.7 Å². The van der Waals surface area contributed by atoms with Crippen LogP contribution >= 0.6 is 15.9 Å². The van der Waals surface area contributed by atoms with E-state index in [4.69, 9.17) is 4.74 Å². The molecule has 0 bridgehead atoms. The highest BCUT2D eigenvalue weighted by Gasteiger charge is 2.27. The molecule has 1 aliphatic carbocycles. The molecule has 1 unspecified atom stereocenters. The predicted molar refractivity (Wildman–Crippen MR) is 67.6 cm³/mol. The van der Waals surface area contributed by atoms with Gasteiger partial charge in [0.15, 0.2) is 0 Å². The van der Waals surface area contributed by atoms with Crippen molar-refractivity contribution >= 4 is 15.9 Å². The Kier molecular flexibility index (Phi) is 4.24. The Morgan fingerprint density at radius 2 is 2.25 bits per heavy atom. The molecule has 0 aromatic heterocycles. The van der Waals surface area contributed by atoms with E-state index in [0.717, 1.165) is 10.2 Å². The minimum absolute atomic E-state index is 0.235. The summed E-state index contributed by atoms with van der Waals surface area (Å²) < 4.78 is 6.73. The summed E-state index contributed by atoms with van der Waals surface area (Å²) in [5.74, 6) is 1.83. The Morgan fingerprint density at radius 3 is 2.81 bits per heavy atom. The summed E-state index contributed by atoms with van der Waals surface area (Å²) in [7, 11) is 0. The third-order valence-corrected chi connectivity index (χ3v) is 3.80. The van der Waals surface area contributed by atoms with E-state index in [2.05, 4.69) is 15.9 Å². The first kappa shape index (κ1) is 11.9. The summed E-state index contributed by atoms with van der Waals surface area (Å²) >= 11 is 3.41. The van der Waals surface area contributed by atoms with Gasteiger partial charge in [-0.15, -0.1) is 0 Å². The average molecular weight is 285 g/mol. The zero-order valence-corrected chi connectivity index (χ0v) is 10.8. The maximum atomic E-state index is 9.30. The molecule has 1 aromatic carbocycles. The van der Waals surface area contributed by atoms with Gasteiger partial charge >= 0.3 is 0 Å². The first-order chi connectivity index (χ1) is 7.79. The molecule has 1 atom stereocenters. The van der Waals surface area contributed by atoms with Gasteiger partial charge in [0.25, 0.3) is 0 Å². The summed E-state index contributed by atoms with van der Waals surface area (Å²) in [4.78, 5) is 0. The van der Waals surface area contributed by atoms with Crippen molar-refractivity contribution < 1.29 is 9.84 Å². The largest absolute Gasteiger partial charge is 0.493 e. The lowest BCUT2D eigenvalue weighted by Gasteiger charge is -2.32. The van der Waals surface area contributed by atoms with E-state index in [9.17, 15) is 5.11 Å². The lowest BCUT2D eigenvalue weighted by atomic mass is 9.76. The van der Waals surface area contributed by atoms with Crippen molar-refractivity contribution in [3.8, 4) is 5.75 Å². The molecule has 1 fully saturated rings. The number of aliphatic hydroxyl groups is 1. The summed E-state index contributed by atoms with van der Waals surface area (Å²) in [5.41, 5.74) is 0. The van der Waals surface area contributed by atoms with Gasteiger partial charge in [-0.1, -0.05) is 28.4 Å². The van der Waals surface area contributed by atoms with Crippen molar-refractivity contribution in [1.82, 2.24) is 0 Å². The van der Waals surface area contributed by atoms with Crippen LogP contribution in [-0.4, -0.2) is 18.3 Å². The first-order valence-electron chi connectivity index (χ1n) is 5.79. The zero-order chi connectivity index (χ0) is 11.4. The first-order valence-corrected chi connectivity index (χ1v) is 6.58. The van der Waals surface area contributed by atoms with Gasteiger partial charge < -0.3 is 9.84 Å². The molecule has 0 heterocycles. The molecule has 1 saturated carbocycles. The number of rotatable bonds is 5. The third kappa shape index (κ3) is 2.98. The number of hydrogen-bond donors (Lipinski definition) is 1. The minimum Gasteiger partial charge on any atom is -0.493 e. The molecule has 0 spiro atoms. The van der Waals surface area contributed by atoms with Gasteiger partial charge in [-0.25, -0.2) is 0 Å². The van der Waals surface area contributed by atoms with Crippen LogP contribution in [0.25, 0.3) is 0 Å². The molecule has 0 saturated heterocycles. The fraction of sp³-hybridized carbons (Fsp3) is 0.538. The topological polar surface area (TPSA) is 29.5 Å². The van der Waals surface area contributed by atoms with E-state index in [0.29, 0.717) is 18.4 Å². The maximum Gasteiger partial charge on any atom is 0.120 e. The van der Waals surface area contributed by atoms with Gasteiger partial charge in [0, 0.05) is 17.0 Å². The van der Waals surface area contributed by atoms with Gasteiger partial charge in [0.2, 0.25) is 0 Å². The minimum atomic E-state index is 0.235. The number of hydrogen-bond acceptors (Lipinski definition) is 2. The number of ether oxygens (including phenoxy) is 1. The maximum absolute atomic E-state index is 9.30. The van der Waals surface area contributed by atoms with E-state index >= 15 is 0 Å². The van der Waals surface area contributed by atoms with Crippen LogP contribution in [-0.2, 0) is 0 Å². The number of halogens is 1. The lowest BCUT2D eigenvalue weighted by Crippen LogP contribution is -2.29. The van der Waals surface area contributed by atoms with Crippen molar-refractivity contribution in [2.45, 2.75) is 19.3 Å². The van der Waals surface area contributed by atoms with Crippen molar-refractivity contribution in [3.63, 3.8) is 0 Å². The van der Waals surface area contributed by atoms with E-state index in [1.165, 1.54) is 19.3 Å². The van der Waals surface area contributed by atoms with Gasteiger partial charge in [-0.3, -0.25) is 0 Å². The fourth-order valence-corrected chi connectivity index (χ4v) is 2.39. The Morgan fingerprint density at radius 1 is 1.44 bits per heavy atom. The van der Waals surface area contributed by atoms with Crippen LogP contribution in [0.15, 0.2) is 28.7 Å². The molecule has 2 nitrogen and oxygen atoms in total. The molecule has 0 radical (unpaired) electrons. The Hall–Kier alpha value is -0.540. The molecule has 1 N–H and O–H groups in total. The number of benzene rings is 1. The molecule has 1 aromatic rings. The molecule has 88 valence electrons. The highest BCUT2D eigenvalue weighted by atomic mass is 79.9. The monoisotopic (exact) mass is 284 g/mol. The number of aliphatic hydroxyl groups excluding tert-OH is 1. The molecule has 2 rings (SSSR count). The van der Waals surface area contributed by atoms with Crippen LogP contribution in [0.1, 0.15) is 19.3 Å². The second-order valence-electron chi connectivity index (χ2n) is 4.40. The summed E-state index contributed by atoms with van der Waals surface area (Å²) in [5, 5.41) is 9.30. The Balaban J connectivity index is 1.85. The zero-order valence-electron chi connectivity index (χ0n) is 9.23. The summed E-state index contributed by atoms with van der Waals surface area (Å²) in [6, 6.07) is 7.83. The Labute approximate surface area is 105 Å². The van der Waals surface area contributed by atoms with E-state index in [-0.39, 0.29) is 6.61 Å². The van der Waals surface area contributed by atoms with Gasteiger partial charge in [0.05, 0.1) is 6.61 Å². The molecular formula is C13H17BrO2. The predicted octanol–water partition coefficient (Wildman–Crippen LogP) is 3.24. The molecule has 16 heavy (non-hydrogen) atoms. The SMILES string of the molecule is OCC(COc1cccc(Br)c1)C1CCC1. The molecule has 1 aliphatic rings. The smallest absolute Gasteiger partial charge is 0.120 e. The highest BCUT2D eigenvalue weighted by Crippen LogP contribution is 2.33. The summed E-state index contributed by atoms with van der Waals surface area (Å²) in [6.07, 6.45) is 3.79. The van der Waals surface area contributed by atoms with Crippen LogP contribution in [0, 0.1) is 11.8 Å². The average Bonchev–Trinajstić information content (AvgIpc) is 2.21. The van der Waals surface area contributed by atoms with Crippen molar-refractivity contribution in [2.75, 3.05) is 13.2 Å². The molecular weight excluding hydrogens is 268 g/mol. The van der Waals surface area contributed by atoms with Crippen LogP contribution in [0.3, 0.4) is 0 Å².